The predicted molar refractivity (Wildman–Crippen MR) is 247 cm³/mol. The molecule has 0 saturated heterocycles. The summed E-state index contributed by atoms with van der Waals surface area (Å²) in [5.41, 5.74) is 11.2. The van der Waals surface area contributed by atoms with Crippen molar-refractivity contribution in [1.29, 1.82) is 0 Å². The molecule has 312 valence electrons. The fourth-order valence-corrected chi connectivity index (χ4v) is 5.14. The van der Waals surface area contributed by atoms with E-state index in [4.69, 9.17) is 0 Å². The number of nitrogens with zero attached hydrogens (tertiary/aromatic N) is 4. The third kappa shape index (κ3) is 17.4. The molecule has 0 N–H and O–H groups in total. The summed E-state index contributed by atoms with van der Waals surface area (Å²) < 4.78 is 0. The molecule has 0 fully saturated rings. The lowest BCUT2D eigenvalue weighted by atomic mass is 9.82. The topological polar surface area (TPSA) is 51.6 Å². The minimum absolute atomic E-state index is 0.0867. The van der Waals surface area contributed by atoms with Crippen molar-refractivity contribution in [3.63, 3.8) is 0 Å². The molecule has 0 atom stereocenters. The van der Waals surface area contributed by atoms with Crippen molar-refractivity contribution in [2.75, 3.05) is 0 Å². The highest BCUT2D eigenvalue weighted by Crippen LogP contribution is 2.29. The van der Waals surface area contributed by atoms with E-state index in [1.807, 2.05) is 24.8 Å². The maximum Gasteiger partial charge on any atom is 0.0640 e. The van der Waals surface area contributed by atoms with Crippen LogP contribution in [0.2, 0.25) is 0 Å². The van der Waals surface area contributed by atoms with Gasteiger partial charge in [0.2, 0.25) is 0 Å². The fourth-order valence-electron chi connectivity index (χ4n) is 5.14. The van der Waals surface area contributed by atoms with Crippen molar-refractivity contribution in [2.45, 2.75) is 209 Å². The highest BCUT2D eigenvalue weighted by atomic mass is 14.8. The normalized spacial score (nSPS) is 13.0. The summed E-state index contributed by atoms with van der Waals surface area (Å²) in [5.74, 6) is 0. The quantitative estimate of drug-likeness (QED) is 0.179. The molecule has 4 heteroatoms. The maximum atomic E-state index is 4.52. The molecule has 3 aromatic heterocycles. The Morgan fingerprint density at radius 1 is 0.214 bits per heavy atom. The van der Waals surface area contributed by atoms with Crippen LogP contribution in [0.1, 0.15) is 211 Å². The lowest BCUT2D eigenvalue weighted by molar-refractivity contribution is 0.539. The Morgan fingerprint density at radius 3 is 0.554 bits per heavy atom. The van der Waals surface area contributed by atoms with E-state index in [-0.39, 0.29) is 43.3 Å². The molecule has 0 bridgehead atoms. The van der Waals surface area contributed by atoms with Crippen LogP contribution in [-0.2, 0) is 43.3 Å². The highest BCUT2D eigenvalue weighted by molar-refractivity contribution is 5.31. The van der Waals surface area contributed by atoms with E-state index in [0.29, 0.717) is 0 Å². The summed E-state index contributed by atoms with van der Waals surface area (Å²) >= 11 is 0. The molecule has 4 aromatic rings. The maximum absolute atomic E-state index is 4.52. The number of hydrogen-bond acceptors (Lipinski definition) is 4. The van der Waals surface area contributed by atoms with Gasteiger partial charge in [-0.3, -0.25) is 19.9 Å². The van der Waals surface area contributed by atoms with Gasteiger partial charge >= 0.3 is 0 Å². The number of hydrogen-bond donors (Lipinski definition) is 0. The van der Waals surface area contributed by atoms with Gasteiger partial charge in [-0.05, 0) is 56.0 Å². The van der Waals surface area contributed by atoms with E-state index in [2.05, 4.69) is 235 Å². The van der Waals surface area contributed by atoms with Gasteiger partial charge in [0.05, 0.1) is 11.4 Å². The molecule has 0 unspecified atom stereocenters. The fraction of sp³-hybridized carbons (Fsp3) is 0.615. The third-order valence-electron chi connectivity index (χ3n) is 9.60. The first-order valence-electron chi connectivity index (χ1n) is 20.7. The zero-order chi connectivity index (χ0) is 43.9. The van der Waals surface area contributed by atoms with Gasteiger partial charge in [0, 0.05) is 57.8 Å². The molecule has 0 amide bonds. The molecule has 0 saturated carbocycles. The van der Waals surface area contributed by atoms with Gasteiger partial charge in [-0.2, -0.15) is 0 Å². The summed E-state index contributed by atoms with van der Waals surface area (Å²) in [6.45, 7) is 52.7. The van der Waals surface area contributed by atoms with Crippen LogP contribution in [0.25, 0.3) is 0 Å². The molecule has 1 aromatic carbocycles. The van der Waals surface area contributed by atoms with Crippen molar-refractivity contribution in [3.05, 3.63) is 118 Å². The van der Waals surface area contributed by atoms with Gasteiger partial charge in [0.25, 0.3) is 0 Å². The Bertz CT molecular complexity index is 1320. The van der Waals surface area contributed by atoms with Gasteiger partial charge in [-0.25, -0.2) is 0 Å². The second-order valence-corrected chi connectivity index (χ2v) is 23.7. The van der Waals surface area contributed by atoms with Crippen LogP contribution in [0.5, 0.6) is 0 Å². The molecule has 3 heterocycles. The van der Waals surface area contributed by atoms with E-state index in [1.165, 1.54) is 22.3 Å². The van der Waals surface area contributed by atoms with E-state index >= 15 is 0 Å². The van der Waals surface area contributed by atoms with Crippen molar-refractivity contribution < 1.29 is 0 Å². The first-order valence-corrected chi connectivity index (χ1v) is 20.7. The Labute approximate surface area is 346 Å². The van der Waals surface area contributed by atoms with E-state index in [0.717, 1.165) is 22.8 Å². The van der Waals surface area contributed by atoms with Gasteiger partial charge in [0.15, 0.2) is 0 Å². The SMILES string of the molecule is CC(C)(C)c1ccc(C(C)(C)C)cc1.CC(C)(C)c1ccc(C(C)(C)C)nc1.CC(C)(C)c1ccc(C(C)(C)C)nc1.CC(C)(C)c1cnc(C(C)(C)C)cn1. The standard InChI is InChI=1S/C14H22.2C13H21N.C12H20N2/c1-13(2,3)11-7-9-12(10-8-11)14(4,5)6;2*1-12(2,3)10-7-8-11(14-9-10)13(4,5)6;1-11(2,3)9-7-14-10(8-13-9)12(4,5)6/h7-10H,1-6H3;2*7-9H,1-6H3;7-8H,1-6H3. The third-order valence-corrected chi connectivity index (χ3v) is 9.60. The van der Waals surface area contributed by atoms with Crippen LogP contribution in [0, 0.1) is 0 Å². The Balaban J connectivity index is 0.000000373. The van der Waals surface area contributed by atoms with E-state index in [9.17, 15) is 0 Å². The molecule has 0 aliphatic carbocycles. The minimum Gasteiger partial charge on any atom is -0.260 e. The van der Waals surface area contributed by atoms with Crippen molar-refractivity contribution in [3.8, 4) is 0 Å². The molecule has 4 rings (SSSR count). The van der Waals surface area contributed by atoms with Crippen molar-refractivity contribution in [2.24, 2.45) is 0 Å². The van der Waals surface area contributed by atoms with Crippen LogP contribution in [0.4, 0.5) is 0 Å². The zero-order valence-electron chi connectivity index (χ0n) is 40.7. The molecule has 0 aliphatic heterocycles. The minimum atomic E-state index is 0.0867. The summed E-state index contributed by atoms with van der Waals surface area (Å²) in [7, 11) is 0. The summed E-state index contributed by atoms with van der Waals surface area (Å²) in [4.78, 5) is 17.9. The molecule has 56 heavy (non-hydrogen) atoms. The smallest absolute Gasteiger partial charge is 0.0640 e. The Morgan fingerprint density at radius 2 is 0.411 bits per heavy atom. The van der Waals surface area contributed by atoms with E-state index in [1.54, 1.807) is 0 Å². The predicted octanol–water partition coefficient (Wildman–Crippen LogP) is 14.7. The number of aromatic nitrogens is 4. The lowest BCUT2D eigenvalue weighted by Gasteiger charge is -2.23. The average Bonchev–Trinajstić information content (AvgIpc) is 3.03. The van der Waals surface area contributed by atoms with Gasteiger partial charge in [-0.15, -0.1) is 0 Å². The van der Waals surface area contributed by atoms with Crippen LogP contribution in [0.15, 0.2) is 73.3 Å². The molecular formula is C52H84N4. The summed E-state index contributed by atoms with van der Waals surface area (Å²) in [6, 6.07) is 17.7. The van der Waals surface area contributed by atoms with Crippen LogP contribution in [0.3, 0.4) is 0 Å². The lowest BCUT2D eigenvalue weighted by Crippen LogP contribution is -2.18. The molecule has 0 spiro atoms. The second-order valence-electron chi connectivity index (χ2n) is 23.7. The zero-order valence-corrected chi connectivity index (χ0v) is 40.7. The number of pyridine rings is 2. The van der Waals surface area contributed by atoms with Crippen molar-refractivity contribution in [1.82, 2.24) is 19.9 Å². The summed E-state index contributed by atoms with van der Waals surface area (Å²) in [5, 5.41) is 0. The number of benzene rings is 1. The number of rotatable bonds is 0. The van der Waals surface area contributed by atoms with Gasteiger partial charge < -0.3 is 0 Å². The first-order chi connectivity index (χ1) is 24.8. The van der Waals surface area contributed by atoms with Crippen molar-refractivity contribution >= 4 is 0 Å². The molecule has 0 aliphatic rings. The van der Waals surface area contributed by atoms with Crippen LogP contribution < -0.4 is 0 Å². The van der Waals surface area contributed by atoms with Gasteiger partial charge in [0.1, 0.15) is 0 Å². The molecule has 4 nitrogen and oxygen atoms in total. The second kappa shape index (κ2) is 18.5. The largest absolute Gasteiger partial charge is 0.260 e. The van der Waals surface area contributed by atoms with Crippen LogP contribution in [-0.4, -0.2) is 19.9 Å². The van der Waals surface area contributed by atoms with Crippen LogP contribution >= 0.6 is 0 Å². The summed E-state index contributed by atoms with van der Waals surface area (Å²) in [6.07, 6.45) is 7.78. The Hall–Kier alpha value is -3.40. The monoisotopic (exact) mass is 765 g/mol. The average molecular weight is 765 g/mol. The van der Waals surface area contributed by atoms with E-state index < -0.39 is 0 Å². The first kappa shape index (κ1) is 50.6. The van der Waals surface area contributed by atoms with Gasteiger partial charge in [-0.1, -0.05) is 203 Å². The Kier molecular flexibility index (Phi) is 16.7. The molecular weight excluding hydrogens is 681 g/mol. The highest BCUT2D eigenvalue weighted by Gasteiger charge is 2.21. The molecule has 0 radical (unpaired) electrons.